The molecule has 2 N–H and O–H groups in total. The molecule has 1 heterocycles. The molecule has 0 aliphatic carbocycles. The molecule has 0 spiro atoms. The Labute approximate surface area is 103 Å². The van der Waals surface area contributed by atoms with Crippen molar-refractivity contribution in [1.29, 1.82) is 0 Å². The monoisotopic (exact) mass is 257 g/mol. The lowest BCUT2D eigenvalue weighted by Crippen LogP contribution is -2.41. The third kappa shape index (κ3) is 3.28. The minimum Gasteiger partial charge on any atom is -0.394 e. The zero-order valence-electron chi connectivity index (χ0n) is 10.1. The average molecular weight is 257 g/mol. The van der Waals surface area contributed by atoms with Crippen LogP contribution in [0, 0.1) is 10.1 Å². The molecule has 0 saturated heterocycles. The largest absolute Gasteiger partial charge is 0.394 e. The van der Waals surface area contributed by atoms with Gasteiger partial charge in [0, 0.05) is 20.2 Å². The molecule has 8 nitrogen and oxygen atoms in total. The third-order valence-corrected chi connectivity index (χ3v) is 2.36. The number of nitro groups is 1. The molecule has 100 valence electrons. The number of amides is 1. The van der Waals surface area contributed by atoms with Crippen molar-refractivity contribution in [2.45, 2.75) is 6.04 Å². The molecular formula is C10H15N3O5. The van der Waals surface area contributed by atoms with Crippen molar-refractivity contribution in [2.24, 2.45) is 7.05 Å². The Morgan fingerprint density at radius 2 is 2.39 bits per heavy atom. The summed E-state index contributed by atoms with van der Waals surface area (Å²) in [5, 5.41) is 22.1. The van der Waals surface area contributed by atoms with Crippen molar-refractivity contribution in [3.05, 3.63) is 28.1 Å². The van der Waals surface area contributed by atoms with E-state index in [4.69, 9.17) is 9.84 Å². The van der Waals surface area contributed by atoms with Crippen LogP contribution < -0.4 is 5.32 Å². The van der Waals surface area contributed by atoms with E-state index in [9.17, 15) is 14.9 Å². The van der Waals surface area contributed by atoms with E-state index in [2.05, 4.69) is 5.32 Å². The number of ether oxygens (including phenoxy) is 1. The molecule has 1 aromatic heterocycles. The lowest BCUT2D eigenvalue weighted by atomic mass is 10.3. The smallest absolute Gasteiger partial charge is 0.287 e. The standard InChI is InChI=1S/C10H15N3O5/c1-12-4-8(13(16)17)3-9(12)10(15)11-7(5-14)6-18-2/h3-4,7,14H,5-6H2,1-2H3,(H,11,15). The topological polar surface area (TPSA) is 107 Å². The van der Waals surface area contributed by atoms with Gasteiger partial charge >= 0.3 is 0 Å². The highest BCUT2D eigenvalue weighted by atomic mass is 16.6. The van der Waals surface area contributed by atoms with Crippen molar-refractivity contribution in [1.82, 2.24) is 9.88 Å². The van der Waals surface area contributed by atoms with Crippen LogP contribution in [0.3, 0.4) is 0 Å². The quantitative estimate of drug-likeness (QED) is 0.536. The Morgan fingerprint density at radius 1 is 1.72 bits per heavy atom. The normalized spacial score (nSPS) is 12.2. The SMILES string of the molecule is COCC(CO)NC(=O)c1cc([N+](=O)[O-])cn1C. The predicted molar refractivity (Wildman–Crippen MR) is 62.3 cm³/mol. The summed E-state index contributed by atoms with van der Waals surface area (Å²) in [4.78, 5) is 21.8. The van der Waals surface area contributed by atoms with Crippen LogP contribution in [-0.4, -0.2) is 46.9 Å². The van der Waals surface area contributed by atoms with Crippen molar-refractivity contribution in [2.75, 3.05) is 20.3 Å². The fraction of sp³-hybridized carbons (Fsp3) is 0.500. The summed E-state index contributed by atoms with van der Waals surface area (Å²) < 4.78 is 6.17. The highest BCUT2D eigenvalue weighted by Crippen LogP contribution is 2.15. The number of aryl methyl sites for hydroxylation is 1. The number of hydrogen-bond donors (Lipinski definition) is 2. The number of rotatable bonds is 6. The van der Waals surface area contributed by atoms with Crippen LogP contribution in [0.1, 0.15) is 10.5 Å². The molecule has 0 fully saturated rings. The molecule has 1 aromatic rings. The number of carbonyl (C=O) groups excluding carboxylic acids is 1. The van der Waals surface area contributed by atoms with Crippen molar-refractivity contribution in [3.63, 3.8) is 0 Å². The molecule has 0 saturated carbocycles. The van der Waals surface area contributed by atoms with Crippen molar-refractivity contribution >= 4 is 11.6 Å². The number of carbonyl (C=O) groups is 1. The summed E-state index contributed by atoms with van der Waals surface area (Å²) >= 11 is 0. The molecule has 0 aromatic carbocycles. The number of aliphatic hydroxyl groups excluding tert-OH is 1. The summed E-state index contributed by atoms with van der Waals surface area (Å²) in [5.74, 6) is -0.498. The number of methoxy groups -OCH3 is 1. The third-order valence-electron chi connectivity index (χ3n) is 2.36. The van der Waals surface area contributed by atoms with Crippen LogP contribution in [0.15, 0.2) is 12.3 Å². The Balaban J connectivity index is 2.80. The van der Waals surface area contributed by atoms with E-state index >= 15 is 0 Å². The summed E-state index contributed by atoms with van der Waals surface area (Å²) in [6.07, 6.45) is 1.25. The minimum absolute atomic E-state index is 0.149. The molecule has 0 radical (unpaired) electrons. The van der Waals surface area contributed by atoms with Gasteiger partial charge in [-0.05, 0) is 0 Å². The van der Waals surface area contributed by atoms with Gasteiger partial charge in [-0.2, -0.15) is 0 Å². The van der Waals surface area contributed by atoms with E-state index in [1.807, 2.05) is 0 Å². The molecule has 1 amide bonds. The number of aliphatic hydroxyl groups is 1. The van der Waals surface area contributed by atoms with Gasteiger partial charge in [0.25, 0.3) is 11.6 Å². The van der Waals surface area contributed by atoms with E-state index in [1.165, 1.54) is 31.0 Å². The first kappa shape index (κ1) is 14.1. The summed E-state index contributed by atoms with van der Waals surface area (Å²) in [6.45, 7) is -0.110. The Kier molecular flexibility index (Phi) is 4.81. The summed E-state index contributed by atoms with van der Waals surface area (Å²) in [5.41, 5.74) is -0.00815. The molecule has 0 bridgehead atoms. The fourth-order valence-corrected chi connectivity index (χ4v) is 1.47. The molecular weight excluding hydrogens is 242 g/mol. The second kappa shape index (κ2) is 6.12. The first-order chi connectivity index (χ1) is 8.49. The molecule has 1 rings (SSSR count). The maximum Gasteiger partial charge on any atom is 0.287 e. The van der Waals surface area contributed by atoms with Gasteiger partial charge in [-0.15, -0.1) is 0 Å². The minimum atomic E-state index is -0.574. The molecule has 1 unspecified atom stereocenters. The molecule has 0 aliphatic heterocycles. The highest BCUT2D eigenvalue weighted by Gasteiger charge is 2.19. The van der Waals surface area contributed by atoms with Crippen molar-refractivity contribution in [3.8, 4) is 0 Å². The van der Waals surface area contributed by atoms with Gasteiger partial charge in [-0.25, -0.2) is 0 Å². The lowest BCUT2D eigenvalue weighted by Gasteiger charge is -2.15. The summed E-state index contributed by atoms with van der Waals surface area (Å²) in [7, 11) is 2.98. The van der Waals surface area contributed by atoms with Crippen LogP contribution in [0.5, 0.6) is 0 Å². The van der Waals surface area contributed by atoms with Gasteiger partial charge in [-0.3, -0.25) is 14.9 Å². The first-order valence-electron chi connectivity index (χ1n) is 5.21. The van der Waals surface area contributed by atoms with Crippen LogP contribution in [0.4, 0.5) is 5.69 Å². The van der Waals surface area contributed by atoms with Crippen molar-refractivity contribution < 1.29 is 19.6 Å². The number of nitrogens with zero attached hydrogens (tertiary/aromatic N) is 2. The predicted octanol–water partition coefficient (Wildman–Crippen LogP) is -0.330. The van der Waals surface area contributed by atoms with E-state index < -0.39 is 16.9 Å². The average Bonchev–Trinajstić information content (AvgIpc) is 2.71. The van der Waals surface area contributed by atoms with Crippen LogP contribution in [0.25, 0.3) is 0 Å². The van der Waals surface area contributed by atoms with E-state index in [0.717, 1.165) is 0 Å². The number of hydrogen-bond acceptors (Lipinski definition) is 5. The molecule has 1 atom stereocenters. The lowest BCUT2D eigenvalue weighted by molar-refractivity contribution is -0.384. The molecule has 18 heavy (non-hydrogen) atoms. The Bertz CT molecular complexity index is 443. The van der Waals surface area contributed by atoms with E-state index in [0.29, 0.717) is 0 Å². The Hall–Kier alpha value is -1.93. The maximum atomic E-state index is 11.8. The van der Waals surface area contributed by atoms with Crippen LogP contribution in [0.2, 0.25) is 0 Å². The van der Waals surface area contributed by atoms with Gasteiger partial charge in [0.05, 0.1) is 30.4 Å². The van der Waals surface area contributed by atoms with Gasteiger partial charge in [0.15, 0.2) is 0 Å². The zero-order valence-corrected chi connectivity index (χ0v) is 10.1. The van der Waals surface area contributed by atoms with Gasteiger partial charge in [0.1, 0.15) is 5.69 Å². The molecule has 8 heteroatoms. The number of aromatic nitrogens is 1. The number of nitrogens with one attached hydrogen (secondary N) is 1. The fourth-order valence-electron chi connectivity index (χ4n) is 1.47. The van der Waals surface area contributed by atoms with Crippen LogP contribution >= 0.6 is 0 Å². The first-order valence-corrected chi connectivity index (χ1v) is 5.21. The van der Waals surface area contributed by atoms with Gasteiger partial charge < -0.3 is 19.7 Å². The Morgan fingerprint density at radius 3 is 2.83 bits per heavy atom. The van der Waals surface area contributed by atoms with Gasteiger partial charge in [-0.1, -0.05) is 0 Å². The van der Waals surface area contributed by atoms with Crippen LogP contribution in [-0.2, 0) is 11.8 Å². The maximum absolute atomic E-state index is 11.8. The highest BCUT2D eigenvalue weighted by molar-refractivity contribution is 5.93. The second-order valence-electron chi connectivity index (χ2n) is 3.76. The van der Waals surface area contributed by atoms with E-state index in [-0.39, 0.29) is 24.6 Å². The van der Waals surface area contributed by atoms with Gasteiger partial charge in [0.2, 0.25) is 0 Å². The summed E-state index contributed by atoms with van der Waals surface area (Å²) in [6, 6.07) is 0.632. The van der Waals surface area contributed by atoms with E-state index in [1.54, 1.807) is 0 Å². The second-order valence-corrected chi connectivity index (χ2v) is 3.76. The zero-order chi connectivity index (χ0) is 13.7. The molecule has 0 aliphatic rings.